The summed E-state index contributed by atoms with van der Waals surface area (Å²) in [5, 5.41) is 0. The van der Waals surface area contributed by atoms with E-state index in [-0.39, 0.29) is 6.61 Å². The molecule has 23 heavy (non-hydrogen) atoms. The lowest BCUT2D eigenvalue weighted by atomic mass is 10.2. The van der Waals surface area contributed by atoms with E-state index in [2.05, 4.69) is 4.98 Å². The molecule has 0 N–H and O–H groups in total. The van der Waals surface area contributed by atoms with E-state index in [0.717, 1.165) is 5.52 Å². The van der Waals surface area contributed by atoms with Gasteiger partial charge in [-0.3, -0.25) is 0 Å². The minimum Gasteiger partial charge on any atom is -0.497 e. The maximum absolute atomic E-state index is 12.2. The molecule has 3 rings (SSSR count). The Morgan fingerprint density at radius 2 is 1.96 bits per heavy atom. The SMILES string of the molecule is COc1ccc(C(=O)OCc2nc3ccccc3o2)c(OC)c1. The number of methoxy groups -OCH3 is 2. The van der Waals surface area contributed by atoms with E-state index in [1.165, 1.54) is 7.11 Å². The van der Waals surface area contributed by atoms with E-state index in [1.54, 1.807) is 31.4 Å². The zero-order chi connectivity index (χ0) is 16.2. The van der Waals surface area contributed by atoms with E-state index in [4.69, 9.17) is 18.6 Å². The van der Waals surface area contributed by atoms with E-state index < -0.39 is 5.97 Å². The summed E-state index contributed by atoms with van der Waals surface area (Å²) in [6.07, 6.45) is 0. The van der Waals surface area contributed by atoms with Crippen molar-refractivity contribution in [3.8, 4) is 11.5 Å². The van der Waals surface area contributed by atoms with E-state index in [1.807, 2.05) is 18.2 Å². The molecule has 0 spiro atoms. The predicted octanol–water partition coefficient (Wildman–Crippen LogP) is 3.20. The number of oxazole rings is 1. The molecule has 0 amide bonds. The summed E-state index contributed by atoms with van der Waals surface area (Å²) in [4.78, 5) is 16.5. The highest BCUT2D eigenvalue weighted by Crippen LogP contribution is 2.25. The maximum atomic E-state index is 12.2. The fourth-order valence-electron chi connectivity index (χ4n) is 2.15. The van der Waals surface area contributed by atoms with Crippen LogP contribution in [0.1, 0.15) is 16.2 Å². The predicted molar refractivity (Wildman–Crippen MR) is 82.7 cm³/mol. The monoisotopic (exact) mass is 313 g/mol. The first-order chi connectivity index (χ1) is 11.2. The van der Waals surface area contributed by atoms with Crippen LogP contribution in [0.25, 0.3) is 11.1 Å². The van der Waals surface area contributed by atoms with Gasteiger partial charge in [-0.25, -0.2) is 9.78 Å². The second-order valence-corrected chi connectivity index (χ2v) is 4.72. The van der Waals surface area contributed by atoms with Crippen molar-refractivity contribution in [1.82, 2.24) is 4.98 Å². The van der Waals surface area contributed by atoms with Crippen molar-refractivity contribution in [1.29, 1.82) is 0 Å². The zero-order valence-electron chi connectivity index (χ0n) is 12.7. The molecule has 0 radical (unpaired) electrons. The van der Waals surface area contributed by atoms with Crippen molar-refractivity contribution >= 4 is 17.1 Å². The molecule has 0 saturated heterocycles. The molecular weight excluding hydrogens is 298 g/mol. The highest BCUT2D eigenvalue weighted by Gasteiger charge is 2.16. The largest absolute Gasteiger partial charge is 0.497 e. The molecule has 0 atom stereocenters. The van der Waals surface area contributed by atoms with Crippen molar-refractivity contribution in [2.75, 3.05) is 14.2 Å². The van der Waals surface area contributed by atoms with Gasteiger partial charge in [0.2, 0.25) is 5.89 Å². The van der Waals surface area contributed by atoms with Crippen LogP contribution < -0.4 is 9.47 Å². The Labute approximate surface area is 132 Å². The number of carbonyl (C=O) groups excluding carboxylic acids is 1. The van der Waals surface area contributed by atoms with Crippen molar-refractivity contribution < 1.29 is 23.4 Å². The number of nitrogens with zero attached hydrogens (tertiary/aromatic N) is 1. The second-order valence-electron chi connectivity index (χ2n) is 4.72. The fourth-order valence-corrected chi connectivity index (χ4v) is 2.15. The van der Waals surface area contributed by atoms with Crippen molar-refractivity contribution in [2.45, 2.75) is 6.61 Å². The van der Waals surface area contributed by atoms with Gasteiger partial charge in [-0.05, 0) is 24.3 Å². The Bertz CT molecular complexity index is 807. The number of ether oxygens (including phenoxy) is 3. The minimum absolute atomic E-state index is 0.0529. The molecule has 0 aliphatic rings. The van der Waals surface area contributed by atoms with Crippen LogP contribution in [0.4, 0.5) is 0 Å². The van der Waals surface area contributed by atoms with Crippen LogP contribution in [0.2, 0.25) is 0 Å². The third kappa shape index (κ3) is 3.11. The number of carbonyl (C=O) groups is 1. The summed E-state index contributed by atoms with van der Waals surface area (Å²) in [7, 11) is 3.02. The summed E-state index contributed by atoms with van der Waals surface area (Å²) < 4.78 is 21.0. The number of para-hydroxylation sites is 2. The number of rotatable bonds is 5. The Morgan fingerprint density at radius 1 is 1.13 bits per heavy atom. The van der Waals surface area contributed by atoms with Crippen molar-refractivity contribution in [2.24, 2.45) is 0 Å². The molecule has 1 aromatic heterocycles. The van der Waals surface area contributed by atoms with Crippen molar-refractivity contribution in [3.05, 3.63) is 53.9 Å². The molecular formula is C17H15NO5. The van der Waals surface area contributed by atoms with Gasteiger partial charge in [0.25, 0.3) is 0 Å². The smallest absolute Gasteiger partial charge is 0.342 e. The van der Waals surface area contributed by atoms with Crippen LogP contribution >= 0.6 is 0 Å². The lowest BCUT2D eigenvalue weighted by Gasteiger charge is -2.09. The number of esters is 1. The van der Waals surface area contributed by atoms with Crippen LogP contribution in [0.5, 0.6) is 11.5 Å². The topological polar surface area (TPSA) is 70.8 Å². The first kappa shape index (κ1) is 14.9. The molecule has 6 nitrogen and oxygen atoms in total. The third-order valence-corrected chi connectivity index (χ3v) is 3.29. The van der Waals surface area contributed by atoms with Gasteiger partial charge in [-0.1, -0.05) is 12.1 Å². The third-order valence-electron chi connectivity index (χ3n) is 3.29. The van der Waals surface area contributed by atoms with Crippen LogP contribution in [0, 0.1) is 0 Å². The number of aromatic nitrogens is 1. The average molecular weight is 313 g/mol. The van der Waals surface area contributed by atoms with E-state index in [9.17, 15) is 4.79 Å². The lowest BCUT2D eigenvalue weighted by Crippen LogP contribution is -2.07. The summed E-state index contributed by atoms with van der Waals surface area (Å²) in [6.45, 7) is -0.0529. The first-order valence-corrected chi connectivity index (χ1v) is 6.95. The summed E-state index contributed by atoms with van der Waals surface area (Å²) >= 11 is 0. The molecule has 0 aliphatic heterocycles. The normalized spacial score (nSPS) is 10.5. The fraction of sp³-hybridized carbons (Fsp3) is 0.176. The highest BCUT2D eigenvalue weighted by molar-refractivity contribution is 5.92. The highest BCUT2D eigenvalue weighted by atomic mass is 16.5. The minimum atomic E-state index is -0.522. The number of hydrogen-bond donors (Lipinski definition) is 0. The zero-order valence-corrected chi connectivity index (χ0v) is 12.7. The molecule has 0 saturated carbocycles. The van der Waals surface area contributed by atoms with Crippen LogP contribution in [-0.4, -0.2) is 25.2 Å². The van der Waals surface area contributed by atoms with Gasteiger partial charge in [0.1, 0.15) is 22.6 Å². The standard InChI is InChI=1S/C17H15NO5/c1-20-11-7-8-12(15(9-11)21-2)17(19)22-10-16-18-13-5-3-4-6-14(13)23-16/h3-9H,10H2,1-2H3. The number of benzene rings is 2. The van der Waals surface area contributed by atoms with Gasteiger partial charge in [0.15, 0.2) is 12.2 Å². The lowest BCUT2D eigenvalue weighted by molar-refractivity contribution is 0.0436. The van der Waals surface area contributed by atoms with Crippen molar-refractivity contribution in [3.63, 3.8) is 0 Å². The first-order valence-electron chi connectivity index (χ1n) is 6.95. The Morgan fingerprint density at radius 3 is 2.70 bits per heavy atom. The molecule has 0 unspecified atom stereocenters. The Kier molecular flexibility index (Phi) is 4.14. The van der Waals surface area contributed by atoms with E-state index in [0.29, 0.717) is 28.5 Å². The molecule has 6 heteroatoms. The molecule has 0 fully saturated rings. The van der Waals surface area contributed by atoms with Gasteiger partial charge in [0, 0.05) is 6.07 Å². The number of hydrogen-bond acceptors (Lipinski definition) is 6. The molecule has 3 aromatic rings. The van der Waals surface area contributed by atoms with Crippen LogP contribution in [0.3, 0.4) is 0 Å². The quantitative estimate of drug-likeness (QED) is 0.674. The van der Waals surface area contributed by atoms with Gasteiger partial charge in [-0.2, -0.15) is 0 Å². The molecule has 2 aromatic carbocycles. The van der Waals surface area contributed by atoms with E-state index >= 15 is 0 Å². The Hall–Kier alpha value is -3.02. The summed E-state index contributed by atoms with van der Waals surface area (Å²) in [5.74, 6) is 0.794. The second kappa shape index (κ2) is 6.39. The van der Waals surface area contributed by atoms with Gasteiger partial charge in [0.05, 0.1) is 14.2 Å². The average Bonchev–Trinajstić information content (AvgIpc) is 3.02. The van der Waals surface area contributed by atoms with Gasteiger partial charge < -0.3 is 18.6 Å². The maximum Gasteiger partial charge on any atom is 0.342 e. The number of fused-ring (bicyclic) bond motifs is 1. The molecule has 1 heterocycles. The van der Waals surface area contributed by atoms with Gasteiger partial charge in [-0.15, -0.1) is 0 Å². The summed E-state index contributed by atoms with van der Waals surface area (Å²) in [6, 6.07) is 12.2. The Balaban J connectivity index is 1.74. The van der Waals surface area contributed by atoms with Gasteiger partial charge >= 0.3 is 5.97 Å². The van der Waals surface area contributed by atoms with Crippen LogP contribution in [0.15, 0.2) is 46.9 Å². The molecule has 118 valence electrons. The van der Waals surface area contributed by atoms with Crippen LogP contribution in [-0.2, 0) is 11.3 Å². The molecule has 0 bridgehead atoms. The summed E-state index contributed by atoms with van der Waals surface area (Å²) in [5.41, 5.74) is 1.69. The molecule has 0 aliphatic carbocycles.